The Labute approximate surface area is 283 Å². The van der Waals surface area contributed by atoms with Crippen molar-refractivity contribution in [3.63, 3.8) is 0 Å². The van der Waals surface area contributed by atoms with Crippen molar-refractivity contribution < 1.29 is 0 Å². The quantitative estimate of drug-likeness (QED) is 0.188. The molecule has 0 bridgehead atoms. The van der Waals surface area contributed by atoms with Crippen molar-refractivity contribution in [1.29, 1.82) is 0 Å². The zero-order chi connectivity index (χ0) is 31.8. The van der Waals surface area contributed by atoms with E-state index in [1.807, 2.05) is 6.07 Å². The fraction of sp³-hybridized carbons (Fsp3) is 0. The Hall–Kier alpha value is -6.30. The van der Waals surface area contributed by atoms with Gasteiger partial charge in [0.25, 0.3) is 0 Å². The van der Waals surface area contributed by atoms with Crippen LogP contribution in [-0.2, 0) is 0 Å². The standard InChI is InChI=1S/C44H24N4S/c1-2-13-26(14-3-1)42-45-43(38-31-18-8-11-21-36(31)49-44(38)46-42)48-34-19-9-6-16-28(34)32-24-33-29-23-22-25-12-4-5-15-27(25)39(29)47-35-20-10-7-17-30(35)37(40(33)47)41(32)48/h1-24H. The first-order valence-electron chi connectivity index (χ1n) is 16.6. The molecule has 0 unspecified atom stereocenters. The number of thiophene rings is 1. The molecule has 7 aromatic carbocycles. The van der Waals surface area contributed by atoms with E-state index in [0.717, 1.165) is 32.9 Å². The van der Waals surface area contributed by atoms with Gasteiger partial charge in [0.05, 0.1) is 33.0 Å². The Bertz CT molecular complexity index is 3330. The summed E-state index contributed by atoms with van der Waals surface area (Å²) in [4.78, 5) is 11.7. The molecule has 226 valence electrons. The molecule has 0 aliphatic carbocycles. The Morgan fingerprint density at radius 3 is 2.02 bits per heavy atom. The number of hydrogen-bond donors (Lipinski definition) is 0. The topological polar surface area (TPSA) is 35.1 Å². The van der Waals surface area contributed by atoms with Gasteiger partial charge in [0.2, 0.25) is 0 Å². The molecular formula is C44H24N4S. The molecule has 0 amide bonds. The molecule has 0 radical (unpaired) electrons. The minimum atomic E-state index is 0.735. The van der Waals surface area contributed by atoms with Crippen molar-refractivity contribution in [3.8, 4) is 17.2 Å². The lowest BCUT2D eigenvalue weighted by molar-refractivity contribution is 1.08. The van der Waals surface area contributed by atoms with Crippen LogP contribution in [-0.4, -0.2) is 18.9 Å². The third kappa shape index (κ3) is 3.23. The van der Waals surface area contributed by atoms with Crippen LogP contribution in [0.2, 0.25) is 0 Å². The van der Waals surface area contributed by atoms with E-state index >= 15 is 0 Å². The molecule has 12 rings (SSSR count). The van der Waals surface area contributed by atoms with Crippen molar-refractivity contribution >= 4 is 102 Å². The van der Waals surface area contributed by atoms with Crippen LogP contribution < -0.4 is 0 Å². The summed E-state index contributed by atoms with van der Waals surface area (Å²) in [5.41, 5.74) is 7.07. The number of fused-ring (bicyclic) bond motifs is 15. The van der Waals surface area contributed by atoms with Crippen LogP contribution in [0.4, 0.5) is 0 Å². The van der Waals surface area contributed by atoms with Crippen LogP contribution in [0.3, 0.4) is 0 Å². The Kier molecular flexibility index (Phi) is 4.83. The highest BCUT2D eigenvalue weighted by molar-refractivity contribution is 7.25. The third-order valence-corrected chi connectivity index (χ3v) is 11.5. The summed E-state index contributed by atoms with van der Waals surface area (Å²) in [5.74, 6) is 1.65. The van der Waals surface area contributed by atoms with E-state index in [4.69, 9.17) is 9.97 Å². The van der Waals surface area contributed by atoms with E-state index in [9.17, 15) is 0 Å². The molecule has 5 heteroatoms. The lowest BCUT2D eigenvalue weighted by Crippen LogP contribution is -2.02. The van der Waals surface area contributed by atoms with Crippen LogP contribution in [0.15, 0.2) is 146 Å². The number of rotatable bonds is 2. The zero-order valence-electron chi connectivity index (χ0n) is 26.1. The van der Waals surface area contributed by atoms with Crippen molar-refractivity contribution in [2.24, 2.45) is 0 Å². The summed E-state index contributed by atoms with van der Waals surface area (Å²) in [7, 11) is 0. The molecule has 0 fully saturated rings. The van der Waals surface area contributed by atoms with E-state index in [-0.39, 0.29) is 0 Å². The molecule has 0 saturated carbocycles. The number of benzene rings is 7. The molecule has 0 saturated heterocycles. The van der Waals surface area contributed by atoms with Crippen LogP contribution in [0.25, 0.3) is 108 Å². The van der Waals surface area contributed by atoms with Gasteiger partial charge < -0.3 is 4.40 Å². The predicted molar refractivity (Wildman–Crippen MR) is 207 cm³/mol. The summed E-state index contributed by atoms with van der Waals surface area (Å²) in [6.45, 7) is 0. The second-order valence-corrected chi connectivity index (χ2v) is 14.0. The van der Waals surface area contributed by atoms with Gasteiger partial charge >= 0.3 is 0 Å². The Morgan fingerprint density at radius 2 is 1.14 bits per heavy atom. The molecule has 0 spiro atoms. The van der Waals surface area contributed by atoms with E-state index < -0.39 is 0 Å². The van der Waals surface area contributed by atoms with Gasteiger partial charge in [0.1, 0.15) is 4.83 Å². The smallest absolute Gasteiger partial charge is 0.163 e. The second-order valence-electron chi connectivity index (χ2n) is 12.9. The summed E-state index contributed by atoms with van der Waals surface area (Å²) in [6.07, 6.45) is 0. The van der Waals surface area contributed by atoms with Crippen LogP contribution >= 0.6 is 11.3 Å². The summed E-state index contributed by atoms with van der Waals surface area (Å²) >= 11 is 1.74. The van der Waals surface area contributed by atoms with E-state index in [1.165, 1.54) is 75.2 Å². The minimum Gasteiger partial charge on any atom is -0.307 e. The Balaban J connectivity index is 1.37. The van der Waals surface area contributed by atoms with Crippen LogP contribution in [0.5, 0.6) is 0 Å². The maximum atomic E-state index is 5.50. The van der Waals surface area contributed by atoms with Crippen LogP contribution in [0, 0.1) is 0 Å². The van der Waals surface area contributed by atoms with E-state index in [1.54, 1.807) is 11.3 Å². The molecule has 5 aromatic heterocycles. The van der Waals surface area contributed by atoms with Crippen molar-refractivity contribution in [3.05, 3.63) is 146 Å². The molecule has 4 nitrogen and oxygen atoms in total. The maximum absolute atomic E-state index is 5.50. The predicted octanol–water partition coefficient (Wildman–Crippen LogP) is 11.9. The third-order valence-electron chi connectivity index (χ3n) is 10.4. The number of hydrogen-bond acceptors (Lipinski definition) is 3. The maximum Gasteiger partial charge on any atom is 0.163 e. The molecule has 5 heterocycles. The first-order valence-corrected chi connectivity index (χ1v) is 17.4. The lowest BCUT2D eigenvalue weighted by atomic mass is 10.0. The molecule has 49 heavy (non-hydrogen) atoms. The molecule has 0 atom stereocenters. The first kappa shape index (κ1) is 25.7. The highest BCUT2D eigenvalue weighted by atomic mass is 32.1. The minimum absolute atomic E-state index is 0.735. The summed E-state index contributed by atoms with van der Waals surface area (Å²) < 4.78 is 6.17. The Morgan fingerprint density at radius 1 is 0.449 bits per heavy atom. The van der Waals surface area contributed by atoms with E-state index in [0.29, 0.717) is 0 Å². The van der Waals surface area contributed by atoms with Gasteiger partial charge in [-0.3, -0.25) is 4.57 Å². The lowest BCUT2D eigenvalue weighted by Gasteiger charge is -2.12. The molecule has 0 N–H and O–H groups in total. The molecule has 12 aromatic rings. The van der Waals surface area contributed by atoms with Gasteiger partial charge in [0.15, 0.2) is 11.6 Å². The second kappa shape index (κ2) is 9.19. The number of nitrogens with zero attached hydrogens (tertiary/aromatic N) is 4. The summed E-state index contributed by atoms with van der Waals surface area (Å²) in [6, 6.07) is 52.5. The van der Waals surface area contributed by atoms with Gasteiger partial charge in [-0.2, -0.15) is 0 Å². The van der Waals surface area contributed by atoms with Gasteiger partial charge in [-0.1, -0.05) is 121 Å². The van der Waals surface area contributed by atoms with Crippen LogP contribution in [0.1, 0.15) is 0 Å². The number of aromatic nitrogens is 4. The van der Waals surface area contributed by atoms with Gasteiger partial charge in [-0.05, 0) is 29.7 Å². The monoisotopic (exact) mass is 640 g/mol. The van der Waals surface area contributed by atoms with E-state index in [2.05, 4.69) is 148 Å². The average molecular weight is 641 g/mol. The van der Waals surface area contributed by atoms with Gasteiger partial charge in [-0.15, -0.1) is 11.3 Å². The first-order chi connectivity index (χ1) is 24.3. The van der Waals surface area contributed by atoms with Gasteiger partial charge in [0, 0.05) is 53.4 Å². The fourth-order valence-electron chi connectivity index (χ4n) is 8.46. The fourth-order valence-corrected chi connectivity index (χ4v) is 9.53. The normalized spacial score (nSPS) is 12.5. The van der Waals surface area contributed by atoms with Crippen molar-refractivity contribution in [1.82, 2.24) is 18.9 Å². The molecule has 0 aliphatic heterocycles. The molecular weight excluding hydrogens is 617 g/mol. The highest BCUT2D eigenvalue weighted by Crippen LogP contribution is 2.48. The summed E-state index contributed by atoms with van der Waals surface area (Å²) in [5, 5.41) is 12.3. The largest absolute Gasteiger partial charge is 0.307 e. The average Bonchev–Trinajstić information content (AvgIpc) is 3.90. The number of para-hydroxylation sites is 2. The molecule has 0 aliphatic rings. The highest BCUT2D eigenvalue weighted by Gasteiger charge is 2.27. The van der Waals surface area contributed by atoms with Crippen molar-refractivity contribution in [2.75, 3.05) is 0 Å². The van der Waals surface area contributed by atoms with Crippen molar-refractivity contribution in [2.45, 2.75) is 0 Å². The zero-order valence-corrected chi connectivity index (χ0v) is 26.9. The SMILES string of the molecule is c1ccc(-c2nc(-n3c4ccccc4c4cc5c6ccc7ccccc7c6n6c7ccccc7c(c43)c56)c3c(n2)sc2ccccc23)cc1. The van der Waals surface area contributed by atoms with Gasteiger partial charge in [-0.25, -0.2) is 9.97 Å².